The minimum absolute atomic E-state index is 0.0973. The van der Waals surface area contributed by atoms with E-state index >= 15 is 0 Å². The SMILES string of the molecule is COc1ccc2[nH]cc(C3CCN(C(=O)CCNC(=O)N(C)Cc4ccccc4)CC3)c2c1. The van der Waals surface area contributed by atoms with Crippen molar-refractivity contribution in [3.8, 4) is 5.75 Å². The van der Waals surface area contributed by atoms with Crippen LogP contribution < -0.4 is 10.1 Å². The van der Waals surface area contributed by atoms with E-state index in [9.17, 15) is 9.59 Å². The summed E-state index contributed by atoms with van der Waals surface area (Å²) in [5.74, 6) is 1.37. The van der Waals surface area contributed by atoms with Gasteiger partial charge in [0.05, 0.1) is 7.11 Å². The van der Waals surface area contributed by atoms with Crippen molar-refractivity contribution < 1.29 is 14.3 Å². The van der Waals surface area contributed by atoms with Gasteiger partial charge < -0.3 is 24.8 Å². The Balaban J connectivity index is 1.22. The highest BCUT2D eigenvalue weighted by Gasteiger charge is 2.25. The van der Waals surface area contributed by atoms with Crippen LogP contribution in [0.25, 0.3) is 10.9 Å². The van der Waals surface area contributed by atoms with Gasteiger partial charge in [-0.2, -0.15) is 0 Å². The number of amides is 3. The van der Waals surface area contributed by atoms with Gasteiger partial charge in [-0.25, -0.2) is 4.79 Å². The summed E-state index contributed by atoms with van der Waals surface area (Å²) in [6, 6.07) is 15.8. The number of methoxy groups -OCH3 is 1. The molecule has 3 amide bonds. The lowest BCUT2D eigenvalue weighted by Gasteiger charge is -2.32. The molecule has 1 aromatic heterocycles. The van der Waals surface area contributed by atoms with E-state index in [0.29, 0.717) is 25.4 Å². The number of carbonyl (C=O) groups is 2. The monoisotopic (exact) mass is 448 g/mol. The molecule has 3 aromatic rings. The molecule has 0 aliphatic carbocycles. The second-order valence-corrected chi connectivity index (χ2v) is 8.63. The van der Waals surface area contributed by atoms with Gasteiger partial charge in [0.1, 0.15) is 5.75 Å². The van der Waals surface area contributed by atoms with E-state index in [4.69, 9.17) is 4.74 Å². The topological polar surface area (TPSA) is 77.7 Å². The first-order valence-electron chi connectivity index (χ1n) is 11.5. The quantitative estimate of drug-likeness (QED) is 0.571. The average molecular weight is 449 g/mol. The summed E-state index contributed by atoms with van der Waals surface area (Å²) in [5.41, 5.74) is 3.48. The second-order valence-electron chi connectivity index (χ2n) is 8.63. The number of nitrogens with zero attached hydrogens (tertiary/aromatic N) is 2. The first-order chi connectivity index (χ1) is 16.0. The molecule has 7 nitrogen and oxygen atoms in total. The van der Waals surface area contributed by atoms with Crippen molar-refractivity contribution in [1.82, 2.24) is 20.1 Å². The van der Waals surface area contributed by atoms with E-state index in [0.717, 1.165) is 42.8 Å². The summed E-state index contributed by atoms with van der Waals surface area (Å²) in [5, 5.41) is 4.05. The van der Waals surface area contributed by atoms with Crippen molar-refractivity contribution >= 4 is 22.8 Å². The van der Waals surface area contributed by atoms with Crippen LogP contribution in [0.5, 0.6) is 5.75 Å². The van der Waals surface area contributed by atoms with Crippen LogP contribution in [-0.2, 0) is 11.3 Å². The number of urea groups is 1. The Hall–Kier alpha value is -3.48. The third-order valence-corrected chi connectivity index (χ3v) is 6.43. The van der Waals surface area contributed by atoms with E-state index in [1.807, 2.05) is 47.4 Å². The highest BCUT2D eigenvalue weighted by Crippen LogP contribution is 2.34. The number of rotatable bonds is 7. The Morgan fingerprint density at radius 1 is 1.15 bits per heavy atom. The van der Waals surface area contributed by atoms with Crippen molar-refractivity contribution in [3.63, 3.8) is 0 Å². The maximum absolute atomic E-state index is 12.7. The molecule has 1 aliphatic rings. The van der Waals surface area contributed by atoms with Gasteiger partial charge in [-0.1, -0.05) is 30.3 Å². The Kier molecular flexibility index (Phi) is 7.17. The Labute approximate surface area is 194 Å². The molecule has 174 valence electrons. The molecule has 0 atom stereocenters. The largest absolute Gasteiger partial charge is 0.497 e. The molecule has 0 unspecified atom stereocenters. The molecule has 33 heavy (non-hydrogen) atoms. The minimum atomic E-state index is -0.167. The zero-order valence-corrected chi connectivity index (χ0v) is 19.3. The molecular formula is C26H32N4O3. The standard InChI is InChI=1S/C26H32N4O3/c1-29(18-19-6-4-3-5-7-19)26(32)27-13-10-25(31)30-14-11-20(12-15-30)23-17-28-24-9-8-21(33-2)16-22(23)24/h3-9,16-17,20,28H,10-15,18H2,1-2H3,(H,27,32). The molecule has 2 N–H and O–H groups in total. The van der Waals surface area contributed by atoms with Gasteiger partial charge in [0.25, 0.3) is 0 Å². The molecular weight excluding hydrogens is 416 g/mol. The smallest absolute Gasteiger partial charge is 0.317 e. The van der Waals surface area contributed by atoms with E-state index < -0.39 is 0 Å². The number of hydrogen-bond donors (Lipinski definition) is 2. The van der Waals surface area contributed by atoms with E-state index in [1.54, 1.807) is 19.1 Å². The van der Waals surface area contributed by atoms with Crippen LogP contribution in [0.4, 0.5) is 4.79 Å². The molecule has 0 saturated carbocycles. The molecule has 1 saturated heterocycles. The maximum Gasteiger partial charge on any atom is 0.317 e. The van der Waals surface area contributed by atoms with Gasteiger partial charge in [0.15, 0.2) is 0 Å². The number of aromatic nitrogens is 1. The minimum Gasteiger partial charge on any atom is -0.497 e. The number of likely N-dealkylation sites (tertiary alicyclic amines) is 1. The van der Waals surface area contributed by atoms with E-state index in [2.05, 4.69) is 22.6 Å². The first-order valence-corrected chi connectivity index (χ1v) is 11.5. The van der Waals surface area contributed by atoms with Crippen molar-refractivity contribution in [2.75, 3.05) is 33.8 Å². The second kappa shape index (κ2) is 10.4. The summed E-state index contributed by atoms with van der Waals surface area (Å²) < 4.78 is 5.38. The normalized spacial score (nSPS) is 14.3. The summed E-state index contributed by atoms with van der Waals surface area (Å²) in [6.07, 6.45) is 4.28. The Morgan fingerprint density at radius 2 is 1.91 bits per heavy atom. The van der Waals surface area contributed by atoms with Crippen molar-refractivity contribution in [2.24, 2.45) is 0 Å². The van der Waals surface area contributed by atoms with Gasteiger partial charge in [-0.15, -0.1) is 0 Å². The number of H-pyrrole nitrogens is 1. The van der Waals surface area contributed by atoms with Crippen LogP contribution in [0, 0.1) is 0 Å². The number of aromatic amines is 1. The van der Waals surface area contributed by atoms with Gasteiger partial charge >= 0.3 is 6.03 Å². The third kappa shape index (κ3) is 5.48. The van der Waals surface area contributed by atoms with Gasteiger partial charge in [0.2, 0.25) is 5.91 Å². The van der Waals surface area contributed by atoms with Crippen LogP contribution in [0.1, 0.15) is 36.3 Å². The Bertz CT molecular complexity index is 1090. The van der Waals surface area contributed by atoms with Crippen molar-refractivity contribution in [2.45, 2.75) is 31.7 Å². The maximum atomic E-state index is 12.7. The summed E-state index contributed by atoms with van der Waals surface area (Å²) in [4.78, 5) is 31.9. The highest BCUT2D eigenvalue weighted by atomic mass is 16.5. The van der Waals surface area contributed by atoms with Crippen LogP contribution in [0.3, 0.4) is 0 Å². The Morgan fingerprint density at radius 3 is 2.64 bits per heavy atom. The number of ether oxygens (including phenoxy) is 1. The van der Waals surface area contributed by atoms with Crippen molar-refractivity contribution in [1.29, 1.82) is 0 Å². The summed E-state index contributed by atoms with van der Waals surface area (Å²) >= 11 is 0. The lowest BCUT2D eigenvalue weighted by atomic mass is 9.89. The molecule has 0 spiro atoms. The predicted molar refractivity (Wildman–Crippen MR) is 129 cm³/mol. The van der Waals surface area contributed by atoms with E-state index in [1.165, 1.54) is 10.9 Å². The lowest BCUT2D eigenvalue weighted by molar-refractivity contribution is -0.132. The van der Waals surface area contributed by atoms with Gasteiger partial charge in [0, 0.05) is 56.7 Å². The third-order valence-electron chi connectivity index (χ3n) is 6.43. The number of fused-ring (bicyclic) bond motifs is 1. The van der Waals surface area contributed by atoms with Crippen LogP contribution in [0.15, 0.2) is 54.7 Å². The summed E-state index contributed by atoms with van der Waals surface area (Å²) in [7, 11) is 3.44. The van der Waals surface area contributed by atoms with Crippen molar-refractivity contribution in [3.05, 3.63) is 65.9 Å². The predicted octanol–water partition coefficient (Wildman–Crippen LogP) is 4.11. The molecule has 2 aromatic carbocycles. The number of hydrogen-bond acceptors (Lipinski definition) is 3. The fourth-order valence-electron chi connectivity index (χ4n) is 4.52. The molecule has 4 rings (SSSR count). The molecule has 7 heteroatoms. The molecule has 1 fully saturated rings. The van der Waals surface area contributed by atoms with Gasteiger partial charge in [-0.05, 0) is 48.1 Å². The summed E-state index contributed by atoms with van der Waals surface area (Å²) in [6.45, 7) is 2.36. The molecule has 0 bridgehead atoms. The zero-order chi connectivity index (χ0) is 23.2. The number of piperidine rings is 1. The van der Waals surface area contributed by atoms with Crippen LogP contribution in [0.2, 0.25) is 0 Å². The molecule has 0 radical (unpaired) electrons. The molecule has 1 aliphatic heterocycles. The zero-order valence-electron chi connectivity index (χ0n) is 19.3. The lowest BCUT2D eigenvalue weighted by Crippen LogP contribution is -2.41. The number of carbonyl (C=O) groups excluding carboxylic acids is 2. The average Bonchev–Trinajstić information content (AvgIpc) is 3.27. The fraction of sp³-hybridized carbons (Fsp3) is 0.385. The van der Waals surface area contributed by atoms with E-state index in [-0.39, 0.29) is 11.9 Å². The number of benzene rings is 2. The van der Waals surface area contributed by atoms with Crippen LogP contribution >= 0.6 is 0 Å². The van der Waals surface area contributed by atoms with Gasteiger partial charge in [-0.3, -0.25) is 4.79 Å². The highest BCUT2D eigenvalue weighted by molar-refractivity contribution is 5.85. The molecule has 2 heterocycles. The first kappa shape index (κ1) is 22.7. The van der Waals surface area contributed by atoms with Crippen LogP contribution in [-0.4, -0.2) is 60.5 Å². The number of nitrogens with one attached hydrogen (secondary N) is 2. The fourth-order valence-corrected chi connectivity index (χ4v) is 4.52.